The fourth-order valence-corrected chi connectivity index (χ4v) is 2.07. The molecule has 1 saturated heterocycles. The Labute approximate surface area is 127 Å². The van der Waals surface area contributed by atoms with Crippen LogP contribution in [0.3, 0.4) is 0 Å². The monoisotopic (exact) mass is 294 g/mol. The summed E-state index contributed by atoms with van der Waals surface area (Å²) in [5, 5.41) is 9.05. The Bertz CT molecular complexity index is 726. The fraction of sp³-hybridized carbons (Fsp3) is 0.125. The van der Waals surface area contributed by atoms with Crippen molar-refractivity contribution in [3.8, 4) is 0 Å². The van der Waals surface area contributed by atoms with E-state index in [-0.39, 0.29) is 0 Å². The maximum Gasteiger partial charge on any atom is 0.282 e. The molecule has 110 valence electrons. The van der Waals surface area contributed by atoms with Gasteiger partial charge in [0.2, 0.25) is 6.04 Å². The van der Waals surface area contributed by atoms with E-state index in [2.05, 4.69) is 15.7 Å². The summed E-state index contributed by atoms with van der Waals surface area (Å²) in [6.45, 7) is 1.96. The van der Waals surface area contributed by atoms with Crippen molar-refractivity contribution in [3.63, 3.8) is 0 Å². The number of aryl methyl sites for hydroxylation is 1. The molecule has 1 aliphatic heterocycles. The van der Waals surface area contributed by atoms with Crippen LogP contribution in [0.4, 0.5) is 11.4 Å². The van der Waals surface area contributed by atoms with E-state index in [4.69, 9.17) is 0 Å². The van der Waals surface area contributed by atoms with E-state index in [9.17, 15) is 9.59 Å². The van der Waals surface area contributed by atoms with E-state index in [1.807, 2.05) is 25.1 Å². The molecule has 0 aromatic heterocycles. The molecule has 1 N–H and O–H groups in total. The lowest BCUT2D eigenvalue weighted by Gasteiger charge is -2.14. The van der Waals surface area contributed by atoms with E-state index in [1.165, 1.54) is 5.01 Å². The molecule has 2 aromatic rings. The van der Waals surface area contributed by atoms with Crippen molar-refractivity contribution in [2.75, 3.05) is 5.01 Å². The zero-order chi connectivity index (χ0) is 15.5. The molecule has 0 radical (unpaired) electrons. The Kier molecular flexibility index (Phi) is 3.65. The number of rotatable bonds is 3. The molecular formula is C16H14N4O2. The summed E-state index contributed by atoms with van der Waals surface area (Å²) in [7, 11) is 0. The molecule has 2 aromatic carbocycles. The highest BCUT2D eigenvalue weighted by molar-refractivity contribution is 6.17. The third-order valence-corrected chi connectivity index (χ3v) is 3.26. The van der Waals surface area contributed by atoms with Crippen LogP contribution in [-0.4, -0.2) is 17.9 Å². The van der Waals surface area contributed by atoms with Gasteiger partial charge in [0.1, 0.15) is 0 Å². The number of hydrazine groups is 1. The van der Waals surface area contributed by atoms with E-state index in [1.54, 1.807) is 36.4 Å². The zero-order valence-corrected chi connectivity index (χ0v) is 11.9. The van der Waals surface area contributed by atoms with E-state index >= 15 is 0 Å². The second-order valence-electron chi connectivity index (χ2n) is 4.94. The van der Waals surface area contributed by atoms with Gasteiger partial charge in [-0.25, -0.2) is 5.01 Å². The van der Waals surface area contributed by atoms with Crippen molar-refractivity contribution >= 4 is 23.2 Å². The highest BCUT2D eigenvalue weighted by Gasteiger charge is 2.40. The van der Waals surface area contributed by atoms with Crippen LogP contribution in [0, 0.1) is 6.92 Å². The molecule has 0 bridgehead atoms. The number of carbonyl (C=O) groups is 2. The Morgan fingerprint density at radius 3 is 2.36 bits per heavy atom. The number of amides is 2. The summed E-state index contributed by atoms with van der Waals surface area (Å²) in [6, 6.07) is 15.1. The first kappa shape index (κ1) is 13.9. The topological polar surface area (TPSA) is 74.1 Å². The Balaban J connectivity index is 1.79. The minimum Gasteiger partial charge on any atom is -0.270 e. The van der Waals surface area contributed by atoms with Crippen molar-refractivity contribution in [1.29, 1.82) is 0 Å². The number of para-hydroxylation sites is 1. The van der Waals surface area contributed by atoms with Gasteiger partial charge >= 0.3 is 0 Å². The molecule has 6 heteroatoms. The SMILES string of the molecule is Cc1ccc(N=N[C@H]2C(=O)NN(c3ccccc3)C2=O)cc1. The van der Waals surface area contributed by atoms with Crippen LogP contribution in [0.15, 0.2) is 64.8 Å². The molecule has 1 aliphatic rings. The number of hydrogen-bond donors (Lipinski definition) is 1. The van der Waals surface area contributed by atoms with Crippen LogP contribution in [0.5, 0.6) is 0 Å². The van der Waals surface area contributed by atoms with Gasteiger partial charge in [-0.2, -0.15) is 10.2 Å². The highest BCUT2D eigenvalue weighted by atomic mass is 16.2. The predicted molar refractivity (Wildman–Crippen MR) is 81.6 cm³/mol. The molecule has 1 fully saturated rings. The second-order valence-corrected chi connectivity index (χ2v) is 4.94. The van der Waals surface area contributed by atoms with E-state index in [0.29, 0.717) is 11.4 Å². The zero-order valence-electron chi connectivity index (χ0n) is 11.9. The maximum atomic E-state index is 12.3. The molecular weight excluding hydrogens is 280 g/mol. The molecule has 2 amide bonds. The summed E-state index contributed by atoms with van der Waals surface area (Å²) >= 11 is 0. The average molecular weight is 294 g/mol. The first-order chi connectivity index (χ1) is 10.6. The maximum absolute atomic E-state index is 12.3. The number of carbonyl (C=O) groups excluding carboxylic acids is 2. The van der Waals surface area contributed by atoms with Crippen LogP contribution in [0.1, 0.15) is 5.56 Å². The quantitative estimate of drug-likeness (QED) is 0.697. The van der Waals surface area contributed by atoms with Gasteiger partial charge in [0, 0.05) is 0 Å². The summed E-state index contributed by atoms with van der Waals surface area (Å²) in [6.07, 6.45) is 0. The first-order valence-corrected chi connectivity index (χ1v) is 6.82. The number of hydrogen-bond acceptors (Lipinski definition) is 4. The van der Waals surface area contributed by atoms with Crippen molar-refractivity contribution in [3.05, 3.63) is 60.2 Å². The number of azo groups is 1. The Morgan fingerprint density at radius 2 is 1.68 bits per heavy atom. The third-order valence-electron chi connectivity index (χ3n) is 3.26. The molecule has 3 rings (SSSR count). The van der Waals surface area contributed by atoms with E-state index < -0.39 is 17.9 Å². The Morgan fingerprint density at radius 1 is 1.00 bits per heavy atom. The van der Waals surface area contributed by atoms with Gasteiger partial charge in [0.15, 0.2) is 0 Å². The minimum atomic E-state index is -1.15. The van der Waals surface area contributed by atoms with Gasteiger partial charge in [-0.05, 0) is 31.2 Å². The lowest BCUT2D eigenvalue weighted by atomic mass is 10.2. The van der Waals surface area contributed by atoms with Crippen LogP contribution in [-0.2, 0) is 9.59 Å². The van der Waals surface area contributed by atoms with Crippen LogP contribution < -0.4 is 10.4 Å². The lowest BCUT2D eigenvalue weighted by molar-refractivity contribution is -0.123. The molecule has 0 saturated carbocycles. The van der Waals surface area contributed by atoms with Gasteiger partial charge in [-0.1, -0.05) is 35.9 Å². The molecule has 6 nitrogen and oxygen atoms in total. The molecule has 1 atom stereocenters. The summed E-state index contributed by atoms with van der Waals surface area (Å²) in [5.74, 6) is -0.920. The second kappa shape index (κ2) is 5.77. The van der Waals surface area contributed by atoms with Crippen molar-refractivity contribution < 1.29 is 9.59 Å². The van der Waals surface area contributed by atoms with Crippen LogP contribution in [0.2, 0.25) is 0 Å². The van der Waals surface area contributed by atoms with Gasteiger partial charge in [-0.15, -0.1) is 0 Å². The molecule has 0 unspecified atom stereocenters. The lowest BCUT2D eigenvalue weighted by Crippen LogP contribution is -2.35. The van der Waals surface area contributed by atoms with Crippen molar-refractivity contribution in [2.45, 2.75) is 13.0 Å². The van der Waals surface area contributed by atoms with Crippen molar-refractivity contribution in [1.82, 2.24) is 5.43 Å². The fourth-order valence-electron chi connectivity index (χ4n) is 2.07. The van der Waals surface area contributed by atoms with Gasteiger partial charge < -0.3 is 0 Å². The summed E-state index contributed by atoms with van der Waals surface area (Å²) in [5.41, 5.74) is 4.80. The van der Waals surface area contributed by atoms with Gasteiger partial charge in [0.05, 0.1) is 11.4 Å². The number of nitrogens with one attached hydrogen (secondary N) is 1. The third kappa shape index (κ3) is 2.71. The Hall–Kier alpha value is -3.02. The van der Waals surface area contributed by atoms with Gasteiger partial charge in [-0.3, -0.25) is 15.0 Å². The minimum absolute atomic E-state index is 0.438. The first-order valence-electron chi connectivity index (χ1n) is 6.82. The smallest absolute Gasteiger partial charge is 0.270 e. The highest BCUT2D eigenvalue weighted by Crippen LogP contribution is 2.20. The van der Waals surface area contributed by atoms with Crippen LogP contribution >= 0.6 is 0 Å². The normalized spacial score (nSPS) is 18.0. The summed E-state index contributed by atoms with van der Waals surface area (Å²) < 4.78 is 0. The predicted octanol–water partition coefficient (Wildman–Crippen LogP) is 2.53. The number of benzene rings is 2. The average Bonchev–Trinajstić information content (AvgIpc) is 2.82. The molecule has 0 aliphatic carbocycles. The number of anilines is 1. The van der Waals surface area contributed by atoms with Gasteiger partial charge in [0.25, 0.3) is 11.8 Å². The molecule has 22 heavy (non-hydrogen) atoms. The summed E-state index contributed by atoms with van der Waals surface area (Å²) in [4.78, 5) is 24.2. The van der Waals surface area contributed by atoms with Crippen molar-refractivity contribution in [2.24, 2.45) is 10.2 Å². The van der Waals surface area contributed by atoms with Crippen LogP contribution in [0.25, 0.3) is 0 Å². The largest absolute Gasteiger partial charge is 0.282 e. The molecule has 1 heterocycles. The molecule has 0 spiro atoms. The van der Waals surface area contributed by atoms with E-state index in [0.717, 1.165) is 5.56 Å². The number of nitrogens with zero attached hydrogens (tertiary/aromatic N) is 3. The standard InChI is InChI=1S/C16H14N4O2/c1-11-7-9-12(10-8-11)17-18-14-15(21)19-20(16(14)22)13-5-3-2-4-6-13/h2-10,14H,1H3,(H,19,21)/t14-/m0/s1.